The van der Waals surface area contributed by atoms with E-state index in [-0.39, 0.29) is 11.8 Å². The number of anilines is 1. The van der Waals surface area contributed by atoms with Gasteiger partial charge in [0.05, 0.1) is 7.11 Å². The lowest BCUT2D eigenvalue weighted by atomic mass is 9.94. The summed E-state index contributed by atoms with van der Waals surface area (Å²) in [5.41, 5.74) is 5.31. The number of aromatic nitrogens is 2. The molecule has 2 rings (SSSR count). The van der Waals surface area contributed by atoms with Crippen LogP contribution in [0.5, 0.6) is 5.88 Å². The van der Waals surface area contributed by atoms with Crippen LogP contribution in [0.4, 0.5) is 5.95 Å². The van der Waals surface area contributed by atoms with E-state index < -0.39 is 0 Å². The SMILES string of the molecule is COc1ccnc(NNC(=O)C2CC=CCC2)n1. The summed E-state index contributed by atoms with van der Waals surface area (Å²) in [5, 5.41) is 0. The van der Waals surface area contributed by atoms with Crippen molar-refractivity contribution in [1.82, 2.24) is 15.4 Å². The first-order valence-corrected chi connectivity index (χ1v) is 5.87. The predicted octanol–water partition coefficient (Wildman–Crippen LogP) is 1.28. The second kappa shape index (κ2) is 6.00. The number of rotatable bonds is 4. The summed E-state index contributed by atoms with van der Waals surface area (Å²) in [6.07, 6.45) is 8.31. The van der Waals surface area contributed by atoms with E-state index in [1.54, 1.807) is 12.3 Å². The first-order chi connectivity index (χ1) is 8.79. The number of ether oxygens (including phenoxy) is 1. The molecule has 1 aromatic heterocycles. The van der Waals surface area contributed by atoms with Crippen molar-refractivity contribution in [1.29, 1.82) is 0 Å². The highest BCUT2D eigenvalue weighted by molar-refractivity contribution is 5.79. The summed E-state index contributed by atoms with van der Waals surface area (Å²) in [6, 6.07) is 1.64. The average Bonchev–Trinajstić information content (AvgIpc) is 2.46. The van der Waals surface area contributed by atoms with E-state index in [1.165, 1.54) is 7.11 Å². The molecular weight excluding hydrogens is 232 g/mol. The van der Waals surface area contributed by atoms with E-state index in [9.17, 15) is 4.79 Å². The Balaban J connectivity index is 1.86. The third-order valence-corrected chi connectivity index (χ3v) is 2.78. The van der Waals surface area contributed by atoms with E-state index in [0.29, 0.717) is 11.8 Å². The normalized spacial score (nSPS) is 18.2. The third kappa shape index (κ3) is 3.19. The molecule has 0 spiro atoms. The van der Waals surface area contributed by atoms with Crippen LogP contribution in [0.2, 0.25) is 0 Å². The van der Waals surface area contributed by atoms with Gasteiger partial charge < -0.3 is 4.74 Å². The topological polar surface area (TPSA) is 76.1 Å². The summed E-state index contributed by atoms with van der Waals surface area (Å²) >= 11 is 0. The van der Waals surface area contributed by atoms with Crippen LogP contribution >= 0.6 is 0 Å². The van der Waals surface area contributed by atoms with Crippen molar-refractivity contribution >= 4 is 11.9 Å². The van der Waals surface area contributed by atoms with Gasteiger partial charge in [-0.2, -0.15) is 4.98 Å². The molecule has 0 radical (unpaired) electrons. The maximum absolute atomic E-state index is 11.8. The van der Waals surface area contributed by atoms with Gasteiger partial charge >= 0.3 is 0 Å². The van der Waals surface area contributed by atoms with Crippen molar-refractivity contribution < 1.29 is 9.53 Å². The van der Waals surface area contributed by atoms with Crippen LogP contribution in [0.15, 0.2) is 24.4 Å². The molecule has 0 aromatic carbocycles. The van der Waals surface area contributed by atoms with Gasteiger partial charge in [-0.05, 0) is 19.3 Å². The summed E-state index contributed by atoms with van der Waals surface area (Å²) in [6.45, 7) is 0. The molecule has 1 aliphatic carbocycles. The zero-order valence-electron chi connectivity index (χ0n) is 10.2. The van der Waals surface area contributed by atoms with E-state index in [2.05, 4.69) is 26.9 Å². The monoisotopic (exact) mass is 248 g/mol. The van der Waals surface area contributed by atoms with E-state index in [4.69, 9.17) is 4.74 Å². The Hall–Kier alpha value is -2.11. The zero-order chi connectivity index (χ0) is 12.8. The summed E-state index contributed by atoms with van der Waals surface area (Å²) in [4.78, 5) is 19.8. The number of hydrogen-bond acceptors (Lipinski definition) is 5. The molecule has 1 unspecified atom stereocenters. The fraction of sp³-hybridized carbons (Fsp3) is 0.417. The molecule has 0 fully saturated rings. The van der Waals surface area contributed by atoms with Gasteiger partial charge in [0.15, 0.2) is 0 Å². The highest BCUT2D eigenvalue weighted by Crippen LogP contribution is 2.17. The Kier molecular flexibility index (Phi) is 4.11. The molecule has 1 amide bonds. The molecule has 96 valence electrons. The van der Waals surface area contributed by atoms with Crippen LogP contribution in [0.1, 0.15) is 19.3 Å². The highest BCUT2D eigenvalue weighted by atomic mass is 16.5. The maximum atomic E-state index is 11.8. The van der Waals surface area contributed by atoms with Gasteiger partial charge in [-0.25, -0.2) is 4.98 Å². The van der Waals surface area contributed by atoms with Crippen molar-refractivity contribution in [2.24, 2.45) is 5.92 Å². The van der Waals surface area contributed by atoms with Crippen LogP contribution in [-0.4, -0.2) is 23.0 Å². The number of carbonyl (C=O) groups is 1. The predicted molar refractivity (Wildman–Crippen MR) is 66.8 cm³/mol. The Morgan fingerprint density at radius 2 is 2.39 bits per heavy atom. The van der Waals surface area contributed by atoms with Crippen molar-refractivity contribution in [3.05, 3.63) is 24.4 Å². The largest absolute Gasteiger partial charge is 0.481 e. The molecule has 0 saturated heterocycles. The van der Waals surface area contributed by atoms with Crippen LogP contribution in [0.25, 0.3) is 0 Å². The van der Waals surface area contributed by atoms with E-state index in [0.717, 1.165) is 19.3 Å². The van der Waals surface area contributed by atoms with Gasteiger partial charge in [0, 0.05) is 18.2 Å². The van der Waals surface area contributed by atoms with Crippen molar-refractivity contribution in [2.75, 3.05) is 12.5 Å². The van der Waals surface area contributed by atoms with Gasteiger partial charge in [0.25, 0.3) is 0 Å². The molecule has 0 saturated carbocycles. The molecule has 1 atom stereocenters. The van der Waals surface area contributed by atoms with E-state index >= 15 is 0 Å². The molecule has 1 aliphatic rings. The molecule has 1 heterocycles. The minimum Gasteiger partial charge on any atom is -0.481 e. The molecule has 6 nitrogen and oxygen atoms in total. The number of hydrazine groups is 1. The van der Waals surface area contributed by atoms with Gasteiger partial charge in [-0.15, -0.1) is 0 Å². The van der Waals surface area contributed by atoms with Crippen molar-refractivity contribution in [2.45, 2.75) is 19.3 Å². The second-order valence-corrected chi connectivity index (χ2v) is 4.02. The molecule has 6 heteroatoms. The quantitative estimate of drug-likeness (QED) is 0.620. The van der Waals surface area contributed by atoms with Crippen LogP contribution < -0.4 is 15.6 Å². The fourth-order valence-electron chi connectivity index (χ4n) is 1.77. The minimum absolute atomic E-state index is 0.0214. The number of hydrogen-bond donors (Lipinski definition) is 2. The highest BCUT2D eigenvalue weighted by Gasteiger charge is 2.18. The maximum Gasteiger partial charge on any atom is 0.245 e. The zero-order valence-corrected chi connectivity index (χ0v) is 10.2. The fourth-order valence-corrected chi connectivity index (χ4v) is 1.77. The molecule has 1 aromatic rings. The summed E-state index contributed by atoms with van der Waals surface area (Å²) < 4.78 is 4.97. The van der Waals surface area contributed by atoms with E-state index in [1.807, 2.05) is 6.08 Å². The second-order valence-electron chi connectivity index (χ2n) is 4.02. The Bertz CT molecular complexity index is 447. The van der Waals surface area contributed by atoms with Crippen molar-refractivity contribution in [3.8, 4) is 5.88 Å². The smallest absolute Gasteiger partial charge is 0.245 e. The lowest BCUT2D eigenvalue weighted by molar-refractivity contribution is -0.124. The summed E-state index contributed by atoms with van der Waals surface area (Å²) in [7, 11) is 1.53. The number of nitrogens with one attached hydrogen (secondary N) is 2. The third-order valence-electron chi connectivity index (χ3n) is 2.78. The number of methoxy groups -OCH3 is 1. The number of carbonyl (C=O) groups excluding carboxylic acids is 1. The molecule has 0 bridgehead atoms. The number of amides is 1. The van der Waals surface area contributed by atoms with Gasteiger partial charge in [0.2, 0.25) is 17.7 Å². The molecular formula is C12H16N4O2. The lowest BCUT2D eigenvalue weighted by Crippen LogP contribution is -2.36. The Morgan fingerprint density at radius 1 is 1.50 bits per heavy atom. The van der Waals surface area contributed by atoms with Crippen LogP contribution in [0.3, 0.4) is 0 Å². The number of nitrogens with zero attached hydrogens (tertiary/aromatic N) is 2. The Morgan fingerprint density at radius 3 is 3.11 bits per heavy atom. The van der Waals surface area contributed by atoms with Gasteiger partial charge in [-0.1, -0.05) is 12.2 Å². The summed E-state index contributed by atoms with van der Waals surface area (Å²) in [5.74, 6) is 0.746. The minimum atomic E-state index is -0.0363. The van der Waals surface area contributed by atoms with Crippen molar-refractivity contribution in [3.63, 3.8) is 0 Å². The standard InChI is InChI=1S/C12H16N4O2/c1-18-10-7-8-13-12(14-10)16-15-11(17)9-5-3-2-4-6-9/h2-3,7-9H,4-6H2,1H3,(H,15,17)(H,13,14,16). The average molecular weight is 248 g/mol. The molecule has 0 aliphatic heterocycles. The number of allylic oxidation sites excluding steroid dienone is 2. The van der Waals surface area contributed by atoms with Gasteiger partial charge in [0.1, 0.15) is 0 Å². The molecule has 2 N–H and O–H groups in total. The Labute approximate surface area is 105 Å². The first-order valence-electron chi connectivity index (χ1n) is 5.87. The van der Waals surface area contributed by atoms with Crippen LogP contribution in [-0.2, 0) is 4.79 Å². The van der Waals surface area contributed by atoms with Gasteiger partial charge in [-0.3, -0.25) is 15.6 Å². The van der Waals surface area contributed by atoms with Crippen LogP contribution in [0, 0.1) is 5.92 Å². The lowest BCUT2D eigenvalue weighted by Gasteiger charge is -2.17. The molecule has 18 heavy (non-hydrogen) atoms. The first kappa shape index (κ1) is 12.3.